The Morgan fingerprint density at radius 1 is 1.14 bits per heavy atom. The van der Waals surface area contributed by atoms with Gasteiger partial charge < -0.3 is 15.8 Å². The zero-order chi connectivity index (χ0) is 20.6. The molecule has 1 aliphatic heterocycles. The van der Waals surface area contributed by atoms with Crippen molar-refractivity contribution >= 4 is 45.9 Å². The molecule has 0 bridgehead atoms. The van der Waals surface area contributed by atoms with Crippen molar-refractivity contribution < 1.29 is 28.7 Å². The number of imide groups is 1. The van der Waals surface area contributed by atoms with Gasteiger partial charge in [-0.1, -0.05) is 0 Å². The first-order valence-electron chi connectivity index (χ1n) is 8.06. The Bertz CT molecular complexity index is 1030. The highest BCUT2D eigenvalue weighted by Crippen LogP contribution is 2.24. The summed E-state index contributed by atoms with van der Waals surface area (Å²) in [6.45, 7) is 1.36. The summed E-state index contributed by atoms with van der Waals surface area (Å²) in [5.74, 6) is -3.14. The Labute approximate surface area is 163 Å². The van der Waals surface area contributed by atoms with E-state index in [0.717, 1.165) is 16.2 Å². The van der Waals surface area contributed by atoms with Crippen LogP contribution in [0.4, 0.5) is 5.00 Å². The molecule has 0 fully saturated rings. The van der Waals surface area contributed by atoms with Crippen molar-refractivity contribution in [2.45, 2.75) is 13.0 Å². The first-order valence-corrected chi connectivity index (χ1v) is 8.94. The lowest BCUT2D eigenvalue weighted by Crippen LogP contribution is -2.30. The maximum Gasteiger partial charge on any atom is 0.338 e. The Morgan fingerprint density at radius 2 is 1.82 bits per heavy atom. The number of hydrogen-bond acceptors (Lipinski definition) is 7. The average Bonchev–Trinajstić information content (AvgIpc) is 3.21. The molecule has 3 rings (SSSR count). The predicted molar refractivity (Wildman–Crippen MR) is 99.2 cm³/mol. The van der Waals surface area contributed by atoms with Crippen LogP contribution in [0.5, 0.6) is 0 Å². The smallest absolute Gasteiger partial charge is 0.338 e. The molecule has 1 aromatic carbocycles. The van der Waals surface area contributed by atoms with Gasteiger partial charge in [-0.3, -0.25) is 24.1 Å². The fourth-order valence-electron chi connectivity index (χ4n) is 2.58. The number of ether oxygens (including phenoxy) is 1. The summed E-state index contributed by atoms with van der Waals surface area (Å²) in [4.78, 5) is 60.7. The lowest BCUT2D eigenvalue weighted by molar-refractivity contribution is -0.123. The molecule has 2 heterocycles. The predicted octanol–water partition coefficient (Wildman–Crippen LogP) is 1.26. The number of thiophene rings is 1. The van der Waals surface area contributed by atoms with E-state index < -0.39 is 35.7 Å². The minimum atomic E-state index is -1.18. The van der Waals surface area contributed by atoms with E-state index in [1.165, 1.54) is 38.2 Å². The number of carbonyl (C=O) groups is 5. The van der Waals surface area contributed by atoms with Crippen LogP contribution in [0.1, 0.15) is 48.4 Å². The topological polar surface area (TPSA) is 136 Å². The molecule has 28 heavy (non-hydrogen) atoms. The zero-order valence-electron chi connectivity index (χ0n) is 14.8. The van der Waals surface area contributed by atoms with Gasteiger partial charge in [0.1, 0.15) is 5.00 Å². The quantitative estimate of drug-likeness (QED) is 0.572. The minimum absolute atomic E-state index is 0.0313. The van der Waals surface area contributed by atoms with Gasteiger partial charge in [0.25, 0.3) is 23.6 Å². The summed E-state index contributed by atoms with van der Waals surface area (Å²) in [6.07, 6.45) is -1.18. The Hall–Kier alpha value is -3.53. The average molecular weight is 401 g/mol. The van der Waals surface area contributed by atoms with E-state index in [0.29, 0.717) is 0 Å². The van der Waals surface area contributed by atoms with Gasteiger partial charge in [0.15, 0.2) is 6.10 Å². The standard InChI is InChI=1S/C18H15N3O6S/c1-8(14(23)20-15-11(13(19)22)5-6-28-15)27-18(26)9-3-4-10-12(7-9)17(25)21(2)16(10)24/h3-8H,1-2H3,(H2,19,22)(H,20,23). The molecule has 0 aliphatic carbocycles. The normalized spacial score (nSPS) is 13.9. The zero-order valence-corrected chi connectivity index (χ0v) is 15.7. The van der Waals surface area contributed by atoms with Crippen molar-refractivity contribution in [2.24, 2.45) is 5.73 Å². The van der Waals surface area contributed by atoms with E-state index in [-0.39, 0.29) is 27.3 Å². The van der Waals surface area contributed by atoms with Crippen molar-refractivity contribution in [1.82, 2.24) is 4.90 Å². The lowest BCUT2D eigenvalue weighted by atomic mass is 10.1. The number of hydrogen-bond donors (Lipinski definition) is 2. The van der Waals surface area contributed by atoms with E-state index in [4.69, 9.17) is 10.5 Å². The molecule has 1 aromatic heterocycles. The molecule has 144 valence electrons. The number of nitrogens with one attached hydrogen (secondary N) is 1. The van der Waals surface area contributed by atoms with E-state index in [1.807, 2.05) is 0 Å². The van der Waals surface area contributed by atoms with Gasteiger partial charge in [-0.05, 0) is 36.6 Å². The number of nitrogens with zero attached hydrogens (tertiary/aromatic N) is 1. The van der Waals surface area contributed by atoms with Crippen molar-refractivity contribution in [3.05, 3.63) is 51.9 Å². The highest BCUT2D eigenvalue weighted by atomic mass is 32.1. The van der Waals surface area contributed by atoms with Crippen LogP contribution < -0.4 is 11.1 Å². The molecule has 1 aliphatic rings. The van der Waals surface area contributed by atoms with E-state index >= 15 is 0 Å². The summed E-state index contributed by atoms with van der Waals surface area (Å²) in [7, 11) is 1.35. The van der Waals surface area contributed by atoms with Crippen LogP contribution >= 0.6 is 11.3 Å². The molecular weight excluding hydrogens is 386 g/mol. The second-order valence-corrected chi connectivity index (χ2v) is 6.91. The van der Waals surface area contributed by atoms with Crippen LogP contribution in [-0.2, 0) is 9.53 Å². The van der Waals surface area contributed by atoms with Crippen LogP contribution in [0, 0.1) is 0 Å². The molecular formula is C18H15N3O6S. The fraction of sp³-hybridized carbons (Fsp3) is 0.167. The molecule has 2 aromatic rings. The van der Waals surface area contributed by atoms with Crippen LogP contribution in [0.2, 0.25) is 0 Å². The summed E-state index contributed by atoms with van der Waals surface area (Å²) in [5.41, 5.74) is 5.71. The second kappa shape index (κ2) is 7.24. The largest absolute Gasteiger partial charge is 0.449 e. The number of rotatable bonds is 5. The third-order valence-corrected chi connectivity index (χ3v) is 4.98. The first-order chi connectivity index (χ1) is 13.2. The summed E-state index contributed by atoms with van der Waals surface area (Å²) < 4.78 is 5.12. The Kier molecular flexibility index (Phi) is 4.97. The molecule has 1 atom stereocenters. The van der Waals surface area contributed by atoms with Crippen molar-refractivity contribution in [2.75, 3.05) is 12.4 Å². The van der Waals surface area contributed by atoms with Crippen LogP contribution in [0.3, 0.4) is 0 Å². The Balaban J connectivity index is 1.70. The molecule has 0 radical (unpaired) electrons. The minimum Gasteiger partial charge on any atom is -0.449 e. The molecule has 10 heteroatoms. The van der Waals surface area contributed by atoms with Gasteiger partial charge in [0.05, 0.1) is 22.3 Å². The van der Waals surface area contributed by atoms with Gasteiger partial charge >= 0.3 is 5.97 Å². The number of benzene rings is 1. The van der Waals surface area contributed by atoms with Gasteiger partial charge in [0, 0.05) is 7.05 Å². The SMILES string of the molecule is CC(OC(=O)c1ccc2c(c1)C(=O)N(C)C2=O)C(=O)Nc1sccc1C(N)=O. The highest BCUT2D eigenvalue weighted by Gasteiger charge is 2.33. The number of nitrogens with two attached hydrogens (primary N) is 1. The molecule has 1 unspecified atom stereocenters. The second-order valence-electron chi connectivity index (χ2n) is 5.99. The maximum atomic E-state index is 12.3. The lowest BCUT2D eigenvalue weighted by Gasteiger charge is -2.13. The molecule has 9 nitrogen and oxygen atoms in total. The number of primary amides is 1. The van der Waals surface area contributed by atoms with Gasteiger partial charge in [0.2, 0.25) is 0 Å². The van der Waals surface area contributed by atoms with E-state index in [2.05, 4.69) is 5.32 Å². The summed E-state index contributed by atoms with van der Waals surface area (Å²) in [6, 6.07) is 5.45. The number of anilines is 1. The van der Waals surface area contributed by atoms with Crippen LogP contribution in [-0.4, -0.2) is 47.6 Å². The maximum absolute atomic E-state index is 12.3. The number of amides is 4. The number of carbonyl (C=O) groups excluding carboxylic acids is 5. The molecule has 0 spiro atoms. The van der Waals surface area contributed by atoms with E-state index in [1.54, 1.807) is 5.38 Å². The van der Waals surface area contributed by atoms with Gasteiger partial charge in [-0.2, -0.15) is 0 Å². The van der Waals surface area contributed by atoms with Gasteiger partial charge in [-0.15, -0.1) is 11.3 Å². The number of esters is 1. The molecule has 0 saturated heterocycles. The number of fused-ring (bicyclic) bond motifs is 1. The monoisotopic (exact) mass is 401 g/mol. The third kappa shape index (κ3) is 3.37. The van der Waals surface area contributed by atoms with Crippen molar-refractivity contribution in [1.29, 1.82) is 0 Å². The highest BCUT2D eigenvalue weighted by molar-refractivity contribution is 7.14. The van der Waals surface area contributed by atoms with Crippen molar-refractivity contribution in [3.8, 4) is 0 Å². The van der Waals surface area contributed by atoms with Crippen LogP contribution in [0.25, 0.3) is 0 Å². The van der Waals surface area contributed by atoms with Gasteiger partial charge in [-0.25, -0.2) is 4.79 Å². The van der Waals surface area contributed by atoms with Crippen molar-refractivity contribution in [3.63, 3.8) is 0 Å². The summed E-state index contributed by atoms with van der Waals surface area (Å²) in [5, 5.41) is 4.33. The van der Waals surface area contributed by atoms with E-state index in [9.17, 15) is 24.0 Å². The first kappa shape index (κ1) is 19.2. The Morgan fingerprint density at radius 3 is 2.50 bits per heavy atom. The van der Waals surface area contributed by atoms with Crippen LogP contribution in [0.15, 0.2) is 29.6 Å². The molecule has 3 N–H and O–H groups in total. The molecule has 0 saturated carbocycles. The summed E-state index contributed by atoms with van der Waals surface area (Å²) >= 11 is 1.11. The molecule has 4 amide bonds. The third-order valence-electron chi connectivity index (χ3n) is 4.15. The fourth-order valence-corrected chi connectivity index (χ4v) is 3.38.